The molecule has 2 aromatic heterocycles. The third-order valence-electron chi connectivity index (χ3n) is 6.05. The van der Waals surface area contributed by atoms with Crippen LogP contribution in [0.2, 0.25) is 0 Å². The Kier molecular flexibility index (Phi) is 4.75. The van der Waals surface area contributed by atoms with Crippen molar-refractivity contribution in [3.8, 4) is 5.69 Å². The Morgan fingerprint density at radius 3 is 2.63 bits per heavy atom. The monoisotopic (exact) mass is 397 g/mol. The Bertz CT molecular complexity index is 1220. The second kappa shape index (κ2) is 7.58. The highest BCUT2D eigenvalue weighted by molar-refractivity contribution is 5.83. The van der Waals surface area contributed by atoms with Gasteiger partial charge in [0.05, 0.1) is 5.52 Å². The summed E-state index contributed by atoms with van der Waals surface area (Å²) in [6.45, 7) is 2.03. The summed E-state index contributed by atoms with van der Waals surface area (Å²) in [6, 6.07) is 18.9. The average Bonchev–Trinajstić information content (AvgIpc) is 3.14. The number of rotatable bonds is 4. The van der Waals surface area contributed by atoms with E-state index in [9.17, 15) is 0 Å². The quantitative estimate of drug-likeness (QED) is 0.531. The number of aryl methyl sites for hydroxylation is 1. The van der Waals surface area contributed by atoms with Gasteiger partial charge in [0, 0.05) is 40.5 Å². The van der Waals surface area contributed by atoms with Gasteiger partial charge in [0.1, 0.15) is 11.6 Å². The van der Waals surface area contributed by atoms with Gasteiger partial charge < -0.3 is 16.0 Å². The van der Waals surface area contributed by atoms with Gasteiger partial charge in [-0.15, -0.1) is 0 Å². The summed E-state index contributed by atoms with van der Waals surface area (Å²) in [4.78, 5) is 9.54. The van der Waals surface area contributed by atoms with Gasteiger partial charge >= 0.3 is 0 Å². The molecule has 0 amide bonds. The van der Waals surface area contributed by atoms with Gasteiger partial charge in [-0.25, -0.2) is 9.97 Å². The average molecular weight is 398 g/mol. The van der Waals surface area contributed by atoms with Crippen molar-refractivity contribution < 1.29 is 0 Å². The standard InChI is InChI=1S/C25H27N5/c1-16(26)23-14-17-8-2-6-12-21(17)30(23)22-13-7-3-9-18(22)15-24-28-20-11-5-4-10-19(20)25(27)29-24/h2-3,6-9,12-14,16H,4-5,10-11,15,26H2,1H3,(H2,27,28,29). The first kappa shape index (κ1) is 18.8. The van der Waals surface area contributed by atoms with Gasteiger partial charge in [-0.3, -0.25) is 0 Å². The van der Waals surface area contributed by atoms with Gasteiger partial charge in [0.25, 0.3) is 0 Å². The Morgan fingerprint density at radius 1 is 1.00 bits per heavy atom. The van der Waals surface area contributed by atoms with Gasteiger partial charge in [-0.1, -0.05) is 36.4 Å². The number of nitrogens with zero attached hydrogens (tertiary/aromatic N) is 3. The zero-order valence-corrected chi connectivity index (χ0v) is 17.3. The van der Waals surface area contributed by atoms with E-state index in [4.69, 9.17) is 16.5 Å². The molecule has 0 bridgehead atoms. The molecule has 0 saturated heterocycles. The van der Waals surface area contributed by atoms with E-state index in [2.05, 4.69) is 64.1 Å². The Hall–Kier alpha value is -3.18. The molecule has 0 spiro atoms. The van der Waals surface area contributed by atoms with Crippen LogP contribution in [0, 0.1) is 0 Å². The Balaban J connectivity index is 1.62. The normalized spacial score (nSPS) is 14.6. The second-order valence-corrected chi connectivity index (χ2v) is 8.22. The molecule has 5 rings (SSSR count). The fourth-order valence-corrected chi connectivity index (χ4v) is 4.58. The van der Waals surface area contributed by atoms with Crippen LogP contribution in [-0.2, 0) is 19.3 Å². The molecule has 5 nitrogen and oxygen atoms in total. The van der Waals surface area contributed by atoms with Crippen LogP contribution in [-0.4, -0.2) is 14.5 Å². The van der Waals surface area contributed by atoms with Crippen LogP contribution >= 0.6 is 0 Å². The van der Waals surface area contributed by atoms with E-state index >= 15 is 0 Å². The molecule has 0 aliphatic heterocycles. The van der Waals surface area contributed by atoms with E-state index in [1.54, 1.807) is 0 Å². The molecule has 1 aliphatic rings. The van der Waals surface area contributed by atoms with Crippen molar-refractivity contribution in [3.63, 3.8) is 0 Å². The summed E-state index contributed by atoms with van der Waals surface area (Å²) >= 11 is 0. The SMILES string of the molecule is CC(N)c1cc2ccccc2n1-c1ccccc1Cc1nc(N)c2c(n1)CCCC2. The smallest absolute Gasteiger partial charge is 0.135 e. The highest BCUT2D eigenvalue weighted by Crippen LogP contribution is 2.30. The number of para-hydroxylation sites is 2. The Morgan fingerprint density at radius 2 is 1.77 bits per heavy atom. The van der Waals surface area contributed by atoms with Crippen molar-refractivity contribution in [2.75, 3.05) is 5.73 Å². The number of nitrogen functional groups attached to an aromatic ring is 1. The van der Waals surface area contributed by atoms with Crippen LogP contribution in [0.5, 0.6) is 0 Å². The number of nitrogens with two attached hydrogens (primary N) is 2. The third-order valence-corrected chi connectivity index (χ3v) is 6.05. The first-order valence-corrected chi connectivity index (χ1v) is 10.7. The minimum atomic E-state index is -0.0823. The molecule has 0 radical (unpaired) electrons. The lowest BCUT2D eigenvalue weighted by molar-refractivity contribution is 0.658. The van der Waals surface area contributed by atoms with Gasteiger partial charge in [-0.2, -0.15) is 0 Å². The largest absolute Gasteiger partial charge is 0.383 e. The summed E-state index contributed by atoms with van der Waals surface area (Å²) in [7, 11) is 0. The number of aromatic nitrogens is 3. The topological polar surface area (TPSA) is 82.8 Å². The molecule has 5 heteroatoms. The second-order valence-electron chi connectivity index (χ2n) is 8.22. The number of hydrogen-bond donors (Lipinski definition) is 2. The molecule has 0 fully saturated rings. The van der Waals surface area contributed by atoms with E-state index in [0.29, 0.717) is 12.2 Å². The fraction of sp³-hybridized carbons (Fsp3) is 0.280. The number of benzene rings is 2. The third kappa shape index (κ3) is 3.25. The van der Waals surface area contributed by atoms with Crippen LogP contribution in [0.25, 0.3) is 16.6 Å². The van der Waals surface area contributed by atoms with E-state index < -0.39 is 0 Å². The van der Waals surface area contributed by atoms with E-state index in [-0.39, 0.29) is 6.04 Å². The summed E-state index contributed by atoms with van der Waals surface area (Å²) in [5.41, 5.74) is 19.4. The maximum atomic E-state index is 6.35. The predicted molar refractivity (Wildman–Crippen MR) is 122 cm³/mol. The molecule has 2 aromatic carbocycles. The lowest BCUT2D eigenvalue weighted by atomic mass is 9.96. The van der Waals surface area contributed by atoms with E-state index in [0.717, 1.165) is 52.4 Å². The minimum absolute atomic E-state index is 0.0823. The molecule has 0 saturated carbocycles. The van der Waals surface area contributed by atoms with Gasteiger partial charge in [-0.05, 0) is 56.4 Å². The summed E-state index contributed by atoms with van der Waals surface area (Å²) in [5.74, 6) is 1.44. The van der Waals surface area contributed by atoms with Crippen molar-refractivity contribution in [1.29, 1.82) is 0 Å². The van der Waals surface area contributed by atoms with Gasteiger partial charge in [0.2, 0.25) is 0 Å². The van der Waals surface area contributed by atoms with Crippen LogP contribution in [0.1, 0.15) is 54.1 Å². The minimum Gasteiger partial charge on any atom is -0.383 e. The molecule has 1 aliphatic carbocycles. The molecular weight excluding hydrogens is 370 g/mol. The molecule has 1 unspecified atom stereocenters. The lowest BCUT2D eigenvalue weighted by Crippen LogP contribution is -2.15. The summed E-state index contributed by atoms with van der Waals surface area (Å²) in [6.07, 6.45) is 4.97. The molecule has 4 N–H and O–H groups in total. The van der Waals surface area contributed by atoms with Crippen molar-refractivity contribution in [2.45, 2.75) is 45.1 Å². The lowest BCUT2D eigenvalue weighted by Gasteiger charge is -2.19. The molecule has 152 valence electrons. The maximum absolute atomic E-state index is 6.35. The van der Waals surface area contributed by atoms with Gasteiger partial charge in [0.15, 0.2) is 0 Å². The maximum Gasteiger partial charge on any atom is 0.135 e. The zero-order valence-electron chi connectivity index (χ0n) is 17.3. The summed E-state index contributed by atoms with van der Waals surface area (Å²) < 4.78 is 2.27. The van der Waals surface area contributed by atoms with Crippen molar-refractivity contribution >= 4 is 16.7 Å². The Labute approximate surface area is 176 Å². The number of hydrogen-bond acceptors (Lipinski definition) is 4. The molecule has 1 atom stereocenters. The van der Waals surface area contributed by atoms with Crippen LogP contribution in [0.3, 0.4) is 0 Å². The highest BCUT2D eigenvalue weighted by atomic mass is 15.0. The van der Waals surface area contributed by atoms with Crippen molar-refractivity contribution in [1.82, 2.24) is 14.5 Å². The van der Waals surface area contributed by atoms with Crippen LogP contribution in [0.4, 0.5) is 5.82 Å². The molecule has 30 heavy (non-hydrogen) atoms. The van der Waals surface area contributed by atoms with Crippen molar-refractivity contribution in [2.24, 2.45) is 5.73 Å². The van der Waals surface area contributed by atoms with Crippen molar-refractivity contribution in [3.05, 3.63) is 82.9 Å². The number of anilines is 1. The predicted octanol–water partition coefficient (Wildman–Crippen LogP) is 4.49. The summed E-state index contributed by atoms with van der Waals surface area (Å²) in [5, 5.41) is 1.19. The molecule has 2 heterocycles. The van der Waals surface area contributed by atoms with E-state index in [1.807, 2.05) is 6.92 Å². The van der Waals surface area contributed by atoms with Crippen LogP contribution < -0.4 is 11.5 Å². The number of fused-ring (bicyclic) bond motifs is 2. The molecule has 4 aromatic rings. The first-order valence-electron chi connectivity index (χ1n) is 10.7. The van der Waals surface area contributed by atoms with Crippen LogP contribution in [0.15, 0.2) is 54.6 Å². The van der Waals surface area contributed by atoms with E-state index in [1.165, 1.54) is 18.2 Å². The first-order chi connectivity index (χ1) is 14.6. The molecular formula is C25H27N5. The zero-order chi connectivity index (χ0) is 20.7. The fourth-order valence-electron chi connectivity index (χ4n) is 4.58. The highest BCUT2D eigenvalue weighted by Gasteiger charge is 2.19.